The molecular weight excluding hydrogens is 373 g/mol. The Morgan fingerprint density at radius 2 is 1.90 bits per heavy atom. The molecule has 2 aromatic carbocycles. The van der Waals surface area contributed by atoms with Gasteiger partial charge in [-0.05, 0) is 30.3 Å². The fourth-order valence-corrected chi connectivity index (χ4v) is 3.56. The summed E-state index contributed by atoms with van der Waals surface area (Å²) in [7, 11) is -3.94. The van der Waals surface area contributed by atoms with Gasteiger partial charge < -0.3 is 5.11 Å². The molecule has 20 heavy (non-hydrogen) atoms. The second kappa shape index (κ2) is 5.59. The van der Waals surface area contributed by atoms with E-state index < -0.39 is 21.6 Å². The van der Waals surface area contributed by atoms with Crippen LogP contribution in [0.4, 0.5) is 10.1 Å². The number of hydrogen-bond donors (Lipinski definition) is 2. The molecule has 0 heterocycles. The van der Waals surface area contributed by atoms with Crippen LogP contribution in [0.2, 0.25) is 5.02 Å². The van der Waals surface area contributed by atoms with Crippen molar-refractivity contribution >= 4 is 43.2 Å². The molecule has 106 valence electrons. The SMILES string of the molecule is O=S(=O)(Nc1ccc(O)c(F)c1)c1ccc(Br)cc1Cl. The predicted molar refractivity (Wildman–Crippen MR) is 78.0 cm³/mol. The third-order valence-corrected chi connectivity index (χ3v) is 4.74. The van der Waals surface area contributed by atoms with Crippen LogP contribution < -0.4 is 4.72 Å². The van der Waals surface area contributed by atoms with Crippen LogP contribution in [0.25, 0.3) is 0 Å². The summed E-state index contributed by atoms with van der Waals surface area (Å²) in [5.74, 6) is -1.48. The molecule has 0 spiro atoms. The average Bonchev–Trinajstić information content (AvgIpc) is 2.33. The van der Waals surface area contributed by atoms with Gasteiger partial charge in [0.1, 0.15) is 4.90 Å². The van der Waals surface area contributed by atoms with Gasteiger partial charge >= 0.3 is 0 Å². The van der Waals surface area contributed by atoms with Crippen molar-refractivity contribution in [2.45, 2.75) is 4.90 Å². The lowest BCUT2D eigenvalue weighted by Crippen LogP contribution is -2.13. The maximum Gasteiger partial charge on any atom is 0.263 e. The molecule has 0 saturated heterocycles. The van der Waals surface area contributed by atoms with Gasteiger partial charge in [-0.2, -0.15) is 0 Å². The highest BCUT2D eigenvalue weighted by atomic mass is 79.9. The van der Waals surface area contributed by atoms with Crippen molar-refractivity contribution < 1.29 is 17.9 Å². The van der Waals surface area contributed by atoms with E-state index in [1.54, 1.807) is 0 Å². The molecule has 0 unspecified atom stereocenters. The van der Waals surface area contributed by atoms with Crippen LogP contribution in [0, 0.1) is 5.82 Å². The van der Waals surface area contributed by atoms with Gasteiger partial charge in [-0.1, -0.05) is 27.5 Å². The highest BCUT2D eigenvalue weighted by Crippen LogP contribution is 2.28. The fourth-order valence-electron chi connectivity index (χ4n) is 1.47. The summed E-state index contributed by atoms with van der Waals surface area (Å²) in [4.78, 5) is -0.129. The minimum atomic E-state index is -3.94. The lowest BCUT2D eigenvalue weighted by molar-refractivity contribution is 0.432. The molecule has 2 N–H and O–H groups in total. The normalized spacial score (nSPS) is 11.3. The molecule has 0 bridgehead atoms. The molecule has 0 radical (unpaired) electrons. The molecule has 0 aliphatic heterocycles. The molecule has 2 rings (SSSR count). The molecule has 0 fully saturated rings. The second-order valence-electron chi connectivity index (χ2n) is 3.85. The van der Waals surface area contributed by atoms with Gasteiger partial charge in [0, 0.05) is 10.5 Å². The summed E-state index contributed by atoms with van der Waals surface area (Å²) in [5.41, 5.74) is -0.0146. The van der Waals surface area contributed by atoms with Crippen LogP contribution in [0.15, 0.2) is 45.8 Å². The smallest absolute Gasteiger partial charge is 0.263 e. The third-order valence-electron chi connectivity index (χ3n) is 2.38. The maximum atomic E-state index is 13.2. The Labute approximate surface area is 128 Å². The Morgan fingerprint density at radius 3 is 2.50 bits per heavy atom. The average molecular weight is 381 g/mol. The number of hydrogen-bond acceptors (Lipinski definition) is 3. The van der Waals surface area contributed by atoms with E-state index in [9.17, 15) is 12.8 Å². The maximum absolute atomic E-state index is 13.2. The predicted octanol–water partition coefficient (Wildman–Crippen LogP) is 3.75. The lowest BCUT2D eigenvalue weighted by atomic mass is 10.3. The first-order valence-corrected chi connectivity index (χ1v) is 7.91. The van der Waals surface area contributed by atoms with Gasteiger partial charge in [0.05, 0.1) is 10.7 Å². The van der Waals surface area contributed by atoms with Crippen molar-refractivity contribution in [3.05, 3.63) is 51.7 Å². The Balaban J connectivity index is 2.38. The van der Waals surface area contributed by atoms with E-state index in [1.807, 2.05) is 0 Å². The molecule has 4 nitrogen and oxygen atoms in total. The van der Waals surface area contributed by atoms with Gasteiger partial charge in [0.25, 0.3) is 10.0 Å². The number of aromatic hydroxyl groups is 1. The minimum Gasteiger partial charge on any atom is -0.505 e. The zero-order valence-corrected chi connectivity index (χ0v) is 12.9. The lowest BCUT2D eigenvalue weighted by Gasteiger charge is -2.10. The summed E-state index contributed by atoms with van der Waals surface area (Å²) >= 11 is 9.04. The van der Waals surface area contributed by atoms with Gasteiger partial charge in [-0.15, -0.1) is 0 Å². The molecule has 2 aromatic rings. The number of nitrogens with one attached hydrogen (secondary N) is 1. The first-order valence-electron chi connectivity index (χ1n) is 5.26. The van der Waals surface area contributed by atoms with Crippen molar-refractivity contribution in [3.63, 3.8) is 0 Å². The quantitative estimate of drug-likeness (QED) is 0.797. The number of benzene rings is 2. The summed E-state index contributed by atoms with van der Waals surface area (Å²) in [6.07, 6.45) is 0. The van der Waals surface area contributed by atoms with Crippen LogP contribution in [0.1, 0.15) is 0 Å². The van der Waals surface area contributed by atoms with E-state index in [0.717, 1.165) is 12.1 Å². The van der Waals surface area contributed by atoms with Gasteiger partial charge in [0.15, 0.2) is 11.6 Å². The number of sulfonamides is 1. The molecule has 8 heteroatoms. The highest BCUT2D eigenvalue weighted by molar-refractivity contribution is 9.10. The van der Waals surface area contributed by atoms with Crippen molar-refractivity contribution in [1.29, 1.82) is 0 Å². The van der Waals surface area contributed by atoms with E-state index in [1.165, 1.54) is 24.3 Å². The molecular formula is C12H8BrClFNO3S. The van der Waals surface area contributed by atoms with Crippen molar-refractivity contribution in [1.82, 2.24) is 0 Å². The summed E-state index contributed by atoms with van der Waals surface area (Å²) in [6, 6.07) is 7.45. The van der Waals surface area contributed by atoms with Crippen molar-refractivity contribution in [2.75, 3.05) is 4.72 Å². The summed E-state index contributed by atoms with van der Waals surface area (Å²) in [6.45, 7) is 0. The molecule has 0 aromatic heterocycles. The molecule has 0 aliphatic carbocycles. The van der Waals surface area contributed by atoms with E-state index in [0.29, 0.717) is 4.47 Å². The second-order valence-corrected chi connectivity index (χ2v) is 6.82. The number of phenols is 1. The first-order chi connectivity index (χ1) is 9.29. The minimum absolute atomic E-state index is 0.0146. The van der Waals surface area contributed by atoms with Crippen LogP contribution in [-0.4, -0.2) is 13.5 Å². The van der Waals surface area contributed by atoms with E-state index >= 15 is 0 Å². The zero-order valence-electron chi connectivity index (χ0n) is 9.77. The highest BCUT2D eigenvalue weighted by Gasteiger charge is 2.18. The van der Waals surface area contributed by atoms with E-state index in [4.69, 9.17) is 16.7 Å². The Hall–Kier alpha value is -1.31. The Morgan fingerprint density at radius 1 is 1.20 bits per heavy atom. The number of phenolic OH excluding ortho intramolecular Hbond substituents is 1. The topological polar surface area (TPSA) is 66.4 Å². The van der Waals surface area contributed by atoms with E-state index in [-0.39, 0.29) is 15.6 Å². The first kappa shape index (κ1) is 15.1. The Bertz CT molecular complexity index is 767. The van der Waals surface area contributed by atoms with Crippen molar-refractivity contribution in [3.8, 4) is 5.75 Å². The Kier molecular flexibility index (Phi) is 4.22. The molecule has 0 amide bonds. The number of halogens is 3. The van der Waals surface area contributed by atoms with E-state index in [2.05, 4.69) is 20.7 Å². The van der Waals surface area contributed by atoms with Crippen LogP contribution in [0.5, 0.6) is 5.75 Å². The molecule has 0 aliphatic rings. The van der Waals surface area contributed by atoms with Gasteiger partial charge in [0.2, 0.25) is 0 Å². The fraction of sp³-hybridized carbons (Fsp3) is 0. The van der Waals surface area contributed by atoms with Crippen LogP contribution in [0.3, 0.4) is 0 Å². The third kappa shape index (κ3) is 3.23. The van der Waals surface area contributed by atoms with Crippen LogP contribution in [-0.2, 0) is 10.0 Å². The van der Waals surface area contributed by atoms with Crippen molar-refractivity contribution in [2.24, 2.45) is 0 Å². The number of rotatable bonds is 3. The number of anilines is 1. The summed E-state index contributed by atoms with van der Waals surface area (Å²) < 4.78 is 40.3. The standard InChI is InChI=1S/C12H8BrClFNO3S/c13-7-1-4-12(9(14)5-7)20(18,19)16-8-2-3-11(17)10(15)6-8/h1-6,16-17H. The molecule has 0 saturated carbocycles. The van der Waals surface area contributed by atoms with Gasteiger partial charge in [-0.3, -0.25) is 4.72 Å². The van der Waals surface area contributed by atoms with Crippen LogP contribution >= 0.6 is 27.5 Å². The zero-order chi connectivity index (χ0) is 14.9. The largest absolute Gasteiger partial charge is 0.505 e. The monoisotopic (exact) mass is 379 g/mol. The molecule has 0 atom stereocenters. The summed E-state index contributed by atoms with van der Waals surface area (Å²) in [5, 5.41) is 9.09. The van der Waals surface area contributed by atoms with Gasteiger partial charge in [-0.25, -0.2) is 12.8 Å².